The number of hydrogen-bond donors (Lipinski definition) is 1. The predicted molar refractivity (Wildman–Crippen MR) is 67.3 cm³/mol. The predicted octanol–water partition coefficient (Wildman–Crippen LogP) is 2.97. The molecule has 1 aromatic heterocycles. The molecule has 7 heteroatoms. The summed E-state index contributed by atoms with van der Waals surface area (Å²) in [6.45, 7) is 6.23. The van der Waals surface area contributed by atoms with Crippen LogP contribution in [0.2, 0.25) is 0 Å². The molecule has 1 amide bonds. The number of nitrogens with zero attached hydrogens (tertiary/aromatic N) is 2. The molecule has 0 aliphatic carbocycles. The van der Waals surface area contributed by atoms with Gasteiger partial charge in [0.05, 0.1) is 0 Å². The molecule has 0 saturated carbocycles. The zero-order valence-electron chi connectivity index (χ0n) is 9.25. The molecule has 1 N–H and O–H groups in total. The van der Waals surface area contributed by atoms with E-state index >= 15 is 0 Å². The van der Waals surface area contributed by atoms with E-state index in [9.17, 15) is 4.79 Å². The summed E-state index contributed by atoms with van der Waals surface area (Å²) in [6.07, 6.45) is 0.948. The second-order valence-corrected chi connectivity index (χ2v) is 6.01. The van der Waals surface area contributed by atoms with E-state index in [2.05, 4.69) is 36.3 Å². The van der Waals surface area contributed by atoms with Gasteiger partial charge in [-0.3, -0.25) is 10.1 Å². The van der Waals surface area contributed by atoms with E-state index < -0.39 is 10.7 Å². The Hall–Kier alpha value is -0.390. The van der Waals surface area contributed by atoms with Crippen molar-refractivity contribution in [2.75, 3.05) is 5.32 Å². The van der Waals surface area contributed by atoms with Crippen LogP contribution in [-0.4, -0.2) is 20.9 Å². The highest BCUT2D eigenvalue weighted by Gasteiger charge is 2.24. The second kappa shape index (κ2) is 5.29. The second-order valence-electron chi connectivity index (χ2n) is 3.94. The molecule has 4 nitrogen and oxygen atoms in total. The van der Waals surface area contributed by atoms with Crippen molar-refractivity contribution in [3.05, 3.63) is 5.01 Å². The molecule has 1 aromatic rings. The van der Waals surface area contributed by atoms with E-state index in [-0.39, 0.29) is 5.41 Å². The van der Waals surface area contributed by atoms with Gasteiger partial charge >= 0.3 is 0 Å². The van der Waals surface area contributed by atoms with Crippen molar-refractivity contribution < 1.29 is 4.79 Å². The molecule has 0 radical (unpaired) electrons. The van der Waals surface area contributed by atoms with Crippen molar-refractivity contribution in [2.45, 2.75) is 37.4 Å². The zero-order chi connectivity index (χ0) is 12.3. The largest absolute Gasteiger partial charge is 0.298 e. The molecular weight excluding hydrogens is 269 g/mol. The summed E-state index contributed by atoms with van der Waals surface area (Å²) in [6, 6.07) is 0. The molecule has 0 fully saturated rings. The van der Waals surface area contributed by atoms with Crippen LogP contribution < -0.4 is 5.32 Å². The minimum absolute atomic E-state index is 0.0397. The van der Waals surface area contributed by atoms with Gasteiger partial charge in [0.25, 0.3) is 5.91 Å². The summed E-state index contributed by atoms with van der Waals surface area (Å²) in [5, 5.41) is 11.7. The van der Waals surface area contributed by atoms with Crippen LogP contribution in [0.1, 0.15) is 32.2 Å². The number of amides is 1. The number of carbonyl (C=O) groups excluding carboxylic acids is 1. The number of anilines is 1. The Bertz CT molecular complexity index is 379. The minimum atomic E-state index is -1.09. The molecule has 1 rings (SSSR count). The lowest BCUT2D eigenvalue weighted by Gasteiger charge is -2.17. The fraction of sp³-hybridized carbons (Fsp3) is 0.667. The Kier molecular flexibility index (Phi) is 4.52. The first-order valence-electron chi connectivity index (χ1n) is 4.80. The molecule has 0 aliphatic heterocycles. The molecule has 0 aromatic carbocycles. The number of nitrogens with one attached hydrogen (secondary N) is 1. The van der Waals surface area contributed by atoms with E-state index in [0.29, 0.717) is 5.13 Å². The van der Waals surface area contributed by atoms with Crippen LogP contribution in [0.3, 0.4) is 0 Å². The highest BCUT2D eigenvalue weighted by molar-refractivity contribution is 7.15. The molecule has 0 unspecified atom stereocenters. The van der Waals surface area contributed by atoms with Gasteiger partial charge in [-0.2, -0.15) is 0 Å². The SMILES string of the molecule is CCC(C)(C)c1nnc(NC(=O)C(Cl)Cl)s1. The summed E-state index contributed by atoms with van der Waals surface area (Å²) in [5.74, 6) is -0.486. The number of halogens is 2. The van der Waals surface area contributed by atoms with Gasteiger partial charge < -0.3 is 0 Å². The van der Waals surface area contributed by atoms with Crippen LogP contribution in [-0.2, 0) is 10.2 Å². The van der Waals surface area contributed by atoms with Gasteiger partial charge in [-0.1, -0.05) is 55.3 Å². The third kappa shape index (κ3) is 3.30. The molecule has 0 saturated heterocycles. The maximum absolute atomic E-state index is 11.2. The normalized spacial score (nSPS) is 11.9. The highest BCUT2D eigenvalue weighted by Crippen LogP contribution is 2.31. The molecular formula is C9H13Cl2N3OS. The molecule has 1 heterocycles. The summed E-state index contributed by atoms with van der Waals surface area (Å²) in [4.78, 5) is 10.1. The quantitative estimate of drug-likeness (QED) is 0.864. The van der Waals surface area contributed by atoms with E-state index in [1.165, 1.54) is 11.3 Å². The Morgan fingerprint density at radius 3 is 2.62 bits per heavy atom. The summed E-state index contributed by atoms with van der Waals surface area (Å²) in [7, 11) is 0. The standard InChI is InChI=1S/C9H13Cl2N3OS/c1-4-9(2,3)7-13-14-8(16-7)12-6(15)5(10)11/h5H,4H2,1-3H3,(H,12,14,15). The van der Waals surface area contributed by atoms with E-state index in [0.717, 1.165) is 11.4 Å². The Labute approximate surface area is 108 Å². The molecule has 90 valence electrons. The van der Waals surface area contributed by atoms with Gasteiger partial charge in [-0.05, 0) is 6.42 Å². The lowest BCUT2D eigenvalue weighted by molar-refractivity contribution is -0.114. The summed E-state index contributed by atoms with van der Waals surface area (Å²) >= 11 is 12.2. The highest BCUT2D eigenvalue weighted by atomic mass is 35.5. The van der Waals surface area contributed by atoms with Gasteiger partial charge in [-0.25, -0.2) is 0 Å². The summed E-state index contributed by atoms with van der Waals surface area (Å²) < 4.78 is 0. The van der Waals surface area contributed by atoms with Gasteiger partial charge in [0.1, 0.15) is 5.01 Å². The first-order valence-corrected chi connectivity index (χ1v) is 6.48. The monoisotopic (exact) mass is 281 g/mol. The fourth-order valence-corrected chi connectivity index (χ4v) is 1.89. The van der Waals surface area contributed by atoms with Gasteiger partial charge in [0.2, 0.25) is 5.13 Å². The summed E-state index contributed by atoms with van der Waals surface area (Å²) in [5.41, 5.74) is -0.0397. The van der Waals surface area contributed by atoms with Crippen LogP contribution in [0.4, 0.5) is 5.13 Å². The number of hydrogen-bond acceptors (Lipinski definition) is 4. The van der Waals surface area contributed by atoms with Crippen LogP contribution in [0, 0.1) is 0 Å². The van der Waals surface area contributed by atoms with E-state index in [1.54, 1.807) is 0 Å². The Morgan fingerprint density at radius 2 is 2.12 bits per heavy atom. The van der Waals surface area contributed by atoms with Crippen LogP contribution >= 0.6 is 34.5 Å². The Morgan fingerprint density at radius 1 is 1.50 bits per heavy atom. The molecule has 0 aliphatic rings. The van der Waals surface area contributed by atoms with Crippen molar-refractivity contribution in [3.63, 3.8) is 0 Å². The molecule has 0 bridgehead atoms. The first kappa shape index (κ1) is 13.7. The van der Waals surface area contributed by atoms with Gasteiger partial charge in [0, 0.05) is 5.41 Å². The van der Waals surface area contributed by atoms with Crippen molar-refractivity contribution in [2.24, 2.45) is 0 Å². The van der Waals surface area contributed by atoms with E-state index in [4.69, 9.17) is 23.2 Å². The van der Waals surface area contributed by atoms with Crippen LogP contribution in [0.5, 0.6) is 0 Å². The smallest absolute Gasteiger partial charge is 0.259 e. The topological polar surface area (TPSA) is 54.9 Å². The van der Waals surface area contributed by atoms with Crippen LogP contribution in [0.25, 0.3) is 0 Å². The van der Waals surface area contributed by atoms with Gasteiger partial charge in [-0.15, -0.1) is 10.2 Å². The minimum Gasteiger partial charge on any atom is -0.298 e. The van der Waals surface area contributed by atoms with Crippen molar-refractivity contribution in [3.8, 4) is 0 Å². The number of alkyl halides is 2. The third-order valence-corrected chi connectivity index (χ3v) is 3.92. The number of carbonyl (C=O) groups is 1. The maximum Gasteiger partial charge on any atom is 0.259 e. The van der Waals surface area contributed by atoms with Crippen molar-refractivity contribution in [1.29, 1.82) is 0 Å². The third-order valence-electron chi connectivity index (χ3n) is 2.32. The average Bonchev–Trinajstić information content (AvgIpc) is 2.66. The van der Waals surface area contributed by atoms with Crippen LogP contribution in [0.15, 0.2) is 0 Å². The van der Waals surface area contributed by atoms with Gasteiger partial charge in [0.15, 0.2) is 4.84 Å². The lowest BCUT2D eigenvalue weighted by Crippen LogP contribution is -2.18. The average molecular weight is 282 g/mol. The first-order chi connectivity index (χ1) is 7.36. The lowest BCUT2D eigenvalue weighted by atomic mass is 9.91. The van der Waals surface area contributed by atoms with Crippen molar-refractivity contribution >= 4 is 45.6 Å². The molecule has 0 spiro atoms. The molecule has 0 atom stereocenters. The fourth-order valence-electron chi connectivity index (χ4n) is 0.858. The molecule has 16 heavy (non-hydrogen) atoms. The number of rotatable bonds is 4. The van der Waals surface area contributed by atoms with Crippen molar-refractivity contribution in [1.82, 2.24) is 10.2 Å². The Balaban J connectivity index is 2.76. The van der Waals surface area contributed by atoms with E-state index in [1.807, 2.05) is 0 Å². The maximum atomic E-state index is 11.2. The number of aromatic nitrogens is 2. The zero-order valence-corrected chi connectivity index (χ0v) is 11.6.